The molecule has 2 fully saturated rings. The Bertz CT molecular complexity index is 796. The van der Waals surface area contributed by atoms with Crippen LogP contribution in [0.3, 0.4) is 0 Å². The van der Waals surface area contributed by atoms with Gasteiger partial charge in [-0.05, 0) is 63.0 Å². The lowest BCUT2D eigenvalue weighted by Gasteiger charge is -2.21. The summed E-state index contributed by atoms with van der Waals surface area (Å²) in [6.45, 7) is 4.75. The van der Waals surface area contributed by atoms with Gasteiger partial charge in [0.2, 0.25) is 5.91 Å². The van der Waals surface area contributed by atoms with E-state index in [0.29, 0.717) is 25.6 Å². The molecule has 2 aromatic rings. The summed E-state index contributed by atoms with van der Waals surface area (Å²) in [5.74, 6) is 0.482. The van der Waals surface area contributed by atoms with Crippen molar-refractivity contribution in [2.24, 2.45) is 5.92 Å². The highest BCUT2D eigenvalue weighted by Crippen LogP contribution is 2.24. The van der Waals surface area contributed by atoms with Crippen LogP contribution in [0.15, 0.2) is 36.5 Å². The van der Waals surface area contributed by atoms with Gasteiger partial charge in [0.1, 0.15) is 0 Å². The molecule has 5 nitrogen and oxygen atoms in total. The molecule has 0 bridgehead atoms. The molecule has 2 saturated heterocycles. The number of ether oxygens (including phenoxy) is 1. The van der Waals surface area contributed by atoms with Crippen LogP contribution in [-0.2, 0) is 16.0 Å². The standard InChI is InChI=1S/C24H33N3O2/c28-24(10-7-15-27-13-5-1-2-6-14-27)26-23-18-29-17-20(23)16-19-11-12-25-22-9-4-3-8-21(19)22/h3-4,8-9,11-12,20,23H,1-2,5-7,10,13-18H2,(H,26,28)/t20-,23+/m1/s1. The number of rotatable bonds is 7. The van der Waals surface area contributed by atoms with Gasteiger partial charge in [0, 0.05) is 23.9 Å². The van der Waals surface area contributed by atoms with Crippen molar-refractivity contribution >= 4 is 16.8 Å². The maximum absolute atomic E-state index is 12.5. The largest absolute Gasteiger partial charge is 0.379 e. The number of hydrogen-bond acceptors (Lipinski definition) is 4. The number of aromatic nitrogens is 1. The van der Waals surface area contributed by atoms with Crippen molar-refractivity contribution in [2.75, 3.05) is 32.8 Å². The molecule has 1 aromatic carbocycles. The number of nitrogens with one attached hydrogen (secondary N) is 1. The smallest absolute Gasteiger partial charge is 0.220 e. The van der Waals surface area contributed by atoms with Gasteiger partial charge >= 0.3 is 0 Å². The highest BCUT2D eigenvalue weighted by atomic mass is 16.5. The van der Waals surface area contributed by atoms with Crippen LogP contribution >= 0.6 is 0 Å². The van der Waals surface area contributed by atoms with E-state index in [1.165, 1.54) is 49.7 Å². The van der Waals surface area contributed by atoms with E-state index in [-0.39, 0.29) is 11.9 Å². The normalized spacial score (nSPS) is 23.2. The molecule has 3 heterocycles. The molecule has 29 heavy (non-hydrogen) atoms. The third-order valence-corrected chi connectivity index (χ3v) is 6.34. The van der Waals surface area contributed by atoms with Crippen molar-refractivity contribution in [3.05, 3.63) is 42.1 Å². The first-order valence-electron chi connectivity index (χ1n) is 11.2. The van der Waals surface area contributed by atoms with Gasteiger partial charge in [0.15, 0.2) is 0 Å². The van der Waals surface area contributed by atoms with E-state index in [4.69, 9.17) is 4.74 Å². The summed E-state index contributed by atoms with van der Waals surface area (Å²) in [6.07, 6.45) is 9.65. The van der Waals surface area contributed by atoms with Crippen LogP contribution in [-0.4, -0.2) is 54.7 Å². The summed E-state index contributed by atoms with van der Waals surface area (Å²) < 4.78 is 5.73. The van der Waals surface area contributed by atoms with Crippen LogP contribution in [0.2, 0.25) is 0 Å². The maximum Gasteiger partial charge on any atom is 0.220 e. The van der Waals surface area contributed by atoms with Crippen LogP contribution in [0.4, 0.5) is 0 Å². The molecule has 156 valence electrons. The van der Waals surface area contributed by atoms with Crippen LogP contribution in [0.5, 0.6) is 0 Å². The summed E-state index contributed by atoms with van der Waals surface area (Å²) in [6, 6.07) is 10.5. The molecule has 0 unspecified atom stereocenters. The Morgan fingerprint density at radius 3 is 2.79 bits per heavy atom. The summed E-state index contributed by atoms with van der Waals surface area (Å²) in [4.78, 5) is 19.5. The van der Waals surface area contributed by atoms with Crippen LogP contribution in [0, 0.1) is 5.92 Å². The zero-order chi connectivity index (χ0) is 19.9. The average Bonchev–Trinajstić information content (AvgIpc) is 2.99. The molecule has 2 aliphatic heterocycles. The lowest BCUT2D eigenvalue weighted by molar-refractivity contribution is -0.122. The molecule has 0 aliphatic carbocycles. The Morgan fingerprint density at radius 2 is 1.93 bits per heavy atom. The number of likely N-dealkylation sites (tertiary alicyclic amines) is 1. The second-order valence-corrected chi connectivity index (χ2v) is 8.52. The van der Waals surface area contributed by atoms with E-state index in [9.17, 15) is 4.79 Å². The van der Waals surface area contributed by atoms with Gasteiger partial charge in [-0.2, -0.15) is 0 Å². The van der Waals surface area contributed by atoms with Crippen molar-refractivity contribution < 1.29 is 9.53 Å². The molecular weight excluding hydrogens is 362 g/mol. The van der Waals surface area contributed by atoms with Gasteiger partial charge < -0.3 is 15.0 Å². The van der Waals surface area contributed by atoms with Crippen LogP contribution in [0.1, 0.15) is 44.1 Å². The Kier molecular flexibility index (Phi) is 7.12. The van der Waals surface area contributed by atoms with E-state index in [0.717, 1.165) is 24.9 Å². The number of hydrogen-bond donors (Lipinski definition) is 1. The van der Waals surface area contributed by atoms with Crippen molar-refractivity contribution in [1.29, 1.82) is 0 Å². The minimum Gasteiger partial charge on any atom is -0.379 e. The third-order valence-electron chi connectivity index (χ3n) is 6.34. The molecule has 0 saturated carbocycles. The predicted molar refractivity (Wildman–Crippen MR) is 116 cm³/mol. The SMILES string of the molecule is O=C(CCCN1CCCCCC1)N[C@H]1COC[C@H]1Cc1ccnc2ccccc12. The Morgan fingerprint density at radius 1 is 1.10 bits per heavy atom. The number of para-hydroxylation sites is 1. The molecule has 0 radical (unpaired) electrons. The van der Waals surface area contributed by atoms with Gasteiger partial charge in [-0.3, -0.25) is 9.78 Å². The Balaban J connectivity index is 1.27. The number of pyridine rings is 1. The summed E-state index contributed by atoms with van der Waals surface area (Å²) in [5, 5.41) is 4.45. The fraction of sp³-hybridized carbons (Fsp3) is 0.583. The Hall–Kier alpha value is -1.98. The quantitative estimate of drug-likeness (QED) is 0.779. The molecule has 4 rings (SSSR count). The monoisotopic (exact) mass is 395 g/mol. The third kappa shape index (κ3) is 5.55. The molecule has 1 N–H and O–H groups in total. The molecule has 0 spiro atoms. The first-order chi connectivity index (χ1) is 14.3. The number of carbonyl (C=O) groups excluding carboxylic acids is 1. The number of amides is 1. The van der Waals surface area contributed by atoms with Crippen molar-refractivity contribution in [2.45, 2.75) is 51.0 Å². The molecule has 2 aliphatic rings. The zero-order valence-electron chi connectivity index (χ0n) is 17.3. The van der Waals surface area contributed by atoms with Gasteiger partial charge in [0.05, 0.1) is 24.8 Å². The van der Waals surface area contributed by atoms with Crippen LogP contribution < -0.4 is 5.32 Å². The number of carbonyl (C=O) groups is 1. The maximum atomic E-state index is 12.5. The van der Waals surface area contributed by atoms with E-state index in [2.05, 4.69) is 33.4 Å². The Labute approximate surface area is 173 Å². The van der Waals surface area contributed by atoms with Crippen LogP contribution in [0.25, 0.3) is 10.9 Å². The van der Waals surface area contributed by atoms with E-state index < -0.39 is 0 Å². The van der Waals surface area contributed by atoms with Crippen molar-refractivity contribution in [3.63, 3.8) is 0 Å². The first kappa shape index (κ1) is 20.3. The van der Waals surface area contributed by atoms with Crippen molar-refractivity contribution in [3.8, 4) is 0 Å². The zero-order valence-corrected chi connectivity index (χ0v) is 17.3. The van der Waals surface area contributed by atoms with E-state index >= 15 is 0 Å². The predicted octanol–water partition coefficient (Wildman–Crippen LogP) is 3.56. The van der Waals surface area contributed by atoms with E-state index in [1.54, 1.807) is 0 Å². The summed E-state index contributed by atoms with van der Waals surface area (Å²) in [5.41, 5.74) is 2.31. The van der Waals surface area contributed by atoms with Gasteiger partial charge in [-0.15, -0.1) is 0 Å². The summed E-state index contributed by atoms with van der Waals surface area (Å²) in [7, 11) is 0. The van der Waals surface area contributed by atoms with Gasteiger partial charge in [0.25, 0.3) is 0 Å². The first-order valence-corrected chi connectivity index (χ1v) is 11.2. The van der Waals surface area contributed by atoms with Crippen molar-refractivity contribution in [1.82, 2.24) is 15.2 Å². The number of nitrogens with zero attached hydrogens (tertiary/aromatic N) is 2. The second-order valence-electron chi connectivity index (χ2n) is 8.52. The second kappa shape index (κ2) is 10.2. The average molecular weight is 396 g/mol. The number of fused-ring (bicyclic) bond motifs is 1. The highest BCUT2D eigenvalue weighted by Gasteiger charge is 2.30. The minimum absolute atomic E-state index is 0.104. The van der Waals surface area contributed by atoms with Gasteiger partial charge in [-0.25, -0.2) is 0 Å². The lowest BCUT2D eigenvalue weighted by Crippen LogP contribution is -2.40. The topological polar surface area (TPSA) is 54.5 Å². The molecule has 5 heteroatoms. The minimum atomic E-state index is 0.104. The summed E-state index contributed by atoms with van der Waals surface area (Å²) >= 11 is 0. The highest BCUT2D eigenvalue weighted by molar-refractivity contribution is 5.82. The fourth-order valence-electron chi connectivity index (χ4n) is 4.68. The lowest BCUT2D eigenvalue weighted by atomic mass is 9.93. The molecular formula is C24H33N3O2. The van der Waals surface area contributed by atoms with E-state index in [1.807, 2.05) is 18.3 Å². The fourth-order valence-corrected chi connectivity index (χ4v) is 4.68. The molecule has 1 amide bonds. The number of benzene rings is 1. The van der Waals surface area contributed by atoms with Gasteiger partial charge in [-0.1, -0.05) is 31.0 Å². The molecule has 2 atom stereocenters. The molecule has 1 aromatic heterocycles.